The van der Waals surface area contributed by atoms with Gasteiger partial charge in [0.15, 0.2) is 6.61 Å². The van der Waals surface area contributed by atoms with Gasteiger partial charge in [-0.25, -0.2) is 9.69 Å². The molecule has 1 aliphatic heterocycles. The first-order chi connectivity index (χ1) is 12.6. The number of rotatable bonds is 4. The fourth-order valence-electron chi connectivity index (χ4n) is 3.10. The SMILES string of the molecule is O=C(O)COc1ccc(N2C(=O)c3cccc4cccc(c34)C2=O)cc1. The highest BCUT2D eigenvalue weighted by molar-refractivity contribution is 6.35. The highest BCUT2D eigenvalue weighted by Crippen LogP contribution is 2.33. The second-order valence-electron chi connectivity index (χ2n) is 5.83. The van der Waals surface area contributed by atoms with Crippen molar-refractivity contribution in [2.45, 2.75) is 0 Å². The summed E-state index contributed by atoms with van der Waals surface area (Å²) in [5.41, 5.74) is 1.35. The van der Waals surface area contributed by atoms with E-state index in [0.717, 1.165) is 10.3 Å². The second-order valence-corrected chi connectivity index (χ2v) is 5.83. The molecule has 6 nitrogen and oxygen atoms in total. The highest BCUT2D eigenvalue weighted by atomic mass is 16.5. The largest absolute Gasteiger partial charge is 0.482 e. The van der Waals surface area contributed by atoms with E-state index >= 15 is 0 Å². The first kappa shape index (κ1) is 15.8. The van der Waals surface area contributed by atoms with Crippen molar-refractivity contribution in [2.75, 3.05) is 11.5 Å². The molecule has 1 N–H and O–H groups in total. The summed E-state index contributed by atoms with van der Waals surface area (Å²) < 4.78 is 5.08. The number of carbonyl (C=O) groups is 3. The lowest BCUT2D eigenvalue weighted by Crippen LogP contribution is -2.40. The predicted molar refractivity (Wildman–Crippen MR) is 94.7 cm³/mol. The minimum atomic E-state index is -1.08. The van der Waals surface area contributed by atoms with Crippen LogP contribution in [0.25, 0.3) is 10.8 Å². The van der Waals surface area contributed by atoms with Crippen molar-refractivity contribution in [1.82, 2.24) is 0 Å². The summed E-state index contributed by atoms with van der Waals surface area (Å²) in [6.45, 7) is -0.462. The summed E-state index contributed by atoms with van der Waals surface area (Å²) in [7, 11) is 0. The molecule has 6 heteroatoms. The van der Waals surface area contributed by atoms with Gasteiger partial charge in [-0.05, 0) is 41.8 Å². The van der Waals surface area contributed by atoms with Gasteiger partial charge in [-0.2, -0.15) is 0 Å². The summed E-state index contributed by atoms with van der Waals surface area (Å²) in [6.07, 6.45) is 0. The molecular weight excluding hydrogens is 334 g/mol. The molecule has 0 atom stereocenters. The van der Waals surface area contributed by atoms with Gasteiger partial charge in [-0.3, -0.25) is 9.59 Å². The Hall–Kier alpha value is -3.67. The molecule has 0 fully saturated rings. The summed E-state index contributed by atoms with van der Waals surface area (Å²) in [6, 6.07) is 16.9. The normalized spacial score (nSPS) is 13.2. The second kappa shape index (κ2) is 6.00. The minimum absolute atomic E-state index is 0.343. The highest BCUT2D eigenvalue weighted by Gasteiger charge is 2.33. The number of hydrogen-bond donors (Lipinski definition) is 1. The van der Waals surface area contributed by atoms with Crippen molar-refractivity contribution in [2.24, 2.45) is 0 Å². The third kappa shape index (κ3) is 2.48. The first-order valence-electron chi connectivity index (χ1n) is 7.91. The number of ether oxygens (including phenoxy) is 1. The number of carboxylic acids is 1. The number of anilines is 1. The third-order valence-electron chi connectivity index (χ3n) is 4.23. The van der Waals surface area contributed by atoms with E-state index in [2.05, 4.69) is 0 Å². The summed E-state index contributed by atoms with van der Waals surface area (Å²) in [5, 5.41) is 10.2. The molecule has 0 unspecified atom stereocenters. The van der Waals surface area contributed by atoms with Gasteiger partial charge in [0.25, 0.3) is 11.8 Å². The Morgan fingerprint density at radius 3 is 2.00 bits per heavy atom. The van der Waals surface area contributed by atoms with E-state index in [1.54, 1.807) is 36.4 Å². The molecule has 0 saturated carbocycles. The summed E-state index contributed by atoms with van der Waals surface area (Å²) >= 11 is 0. The fourth-order valence-corrected chi connectivity index (χ4v) is 3.10. The Balaban J connectivity index is 1.73. The Labute approximate surface area is 148 Å². The van der Waals surface area contributed by atoms with Crippen molar-refractivity contribution < 1.29 is 24.2 Å². The monoisotopic (exact) mass is 347 g/mol. The number of hydrogen-bond acceptors (Lipinski definition) is 4. The van der Waals surface area contributed by atoms with E-state index in [4.69, 9.17) is 9.84 Å². The zero-order valence-corrected chi connectivity index (χ0v) is 13.5. The molecule has 0 spiro atoms. The topological polar surface area (TPSA) is 83.9 Å². The maximum absolute atomic E-state index is 12.9. The Kier molecular flexibility index (Phi) is 3.65. The number of imide groups is 1. The fraction of sp³-hybridized carbons (Fsp3) is 0.0500. The van der Waals surface area contributed by atoms with Crippen LogP contribution in [0.15, 0.2) is 60.7 Å². The molecule has 128 valence electrons. The number of benzene rings is 3. The minimum Gasteiger partial charge on any atom is -0.482 e. The van der Waals surface area contributed by atoms with Crippen molar-refractivity contribution in [3.05, 3.63) is 71.8 Å². The number of amides is 2. The van der Waals surface area contributed by atoms with Gasteiger partial charge in [0, 0.05) is 16.5 Å². The average Bonchev–Trinajstić information content (AvgIpc) is 2.65. The lowest BCUT2D eigenvalue weighted by atomic mass is 9.94. The number of carbonyl (C=O) groups excluding carboxylic acids is 2. The van der Waals surface area contributed by atoms with Crippen LogP contribution in [-0.2, 0) is 4.79 Å². The first-order valence-corrected chi connectivity index (χ1v) is 7.91. The van der Waals surface area contributed by atoms with Crippen LogP contribution in [0.5, 0.6) is 5.75 Å². The van der Waals surface area contributed by atoms with E-state index in [-0.39, 0.29) is 0 Å². The Bertz CT molecular complexity index is 1000. The summed E-state index contributed by atoms with van der Waals surface area (Å²) in [5.74, 6) is -1.52. The van der Waals surface area contributed by atoms with Crippen LogP contribution in [0.1, 0.15) is 20.7 Å². The van der Waals surface area contributed by atoms with Gasteiger partial charge in [0.05, 0.1) is 5.69 Å². The average molecular weight is 347 g/mol. The van der Waals surface area contributed by atoms with Crippen molar-refractivity contribution in [3.8, 4) is 5.75 Å². The van der Waals surface area contributed by atoms with Crippen LogP contribution < -0.4 is 9.64 Å². The molecule has 2 amide bonds. The molecule has 1 aliphatic rings. The summed E-state index contributed by atoms with van der Waals surface area (Å²) in [4.78, 5) is 37.5. The van der Waals surface area contributed by atoms with Gasteiger partial charge >= 0.3 is 5.97 Å². The van der Waals surface area contributed by atoms with Crippen LogP contribution in [-0.4, -0.2) is 29.5 Å². The smallest absolute Gasteiger partial charge is 0.341 e. The molecule has 3 aromatic rings. The van der Waals surface area contributed by atoms with Crippen molar-refractivity contribution in [3.63, 3.8) is 0 Å². The van der Waals surface area contributed by atoms with Crippen LogP contribution in [0, 0.1) is 0 Å². The van der Waals surface area contributed by atoms with Crippen LogP contribution in [0.2, 0.25) is 0 Å². The van der Waals surface area contributed by atoms with Crippen molar-refractivity contribution in [1.29, 1.82) is 0 Å². The van der Waals surface area contributed by atoms with Gasteiger partial charge in [0.2, 0.25) is 0 Å². The molecule has 3 aromatic carbocycles. The standard InChI is InChI=1S/C20H13NO5/c22-17(23)11-26-14-9-7-13(8-10-14)21-19(24)15-5-1-3-12-4-2-6-16(18(12)15)20(21)25/h1-10H,11H2,(H,22,23). The molecule has 0 bridgehead atoms. The molecule has 0 aliphatic carbocycles. The van der Waals surface area contributed by atoms with E-state index in [1.807, 2.05) is 12.1 Å². The number of nitrogens with zero attached hydrogens (tertiary/aromatic N) is 1. The van der Waals surface area contributed by atoms with E-state index in [1.165, 1.54) is 12.1 Å². The lowest BCUT2D eigenvalue weighted by Gasteiger charge is -2.27. The molecule has 1 heterocycles. The van der Waals surface area contributed by atoms with E-state index in [0.29, 0.717) is 28.0 Å². The van der Waals surface area contributed by atoms with Crippen LogP contribution >= 0.6 is 0 Å². The Morgan fingerprint density at radius 2 is 1.46 bits per heavy atom. The predicted octanol–water partition coefficient (Wildman–Crippen LogP) is 3.10. The van der Waals surface area contributed by atoms with Gasteiger partial charge in [-0.1, -0.05) is 24.3 Å². The molecule has 0 radical (unpaired) electrons. The van der Waals surface area contributed by atoms with E-state index < -0.39 is 24.4 Å². The van der Waals surface area contributed by atoms with Gasteiger partial charge in [-0.15, -0.1) is 0 Å². The Morgan fingerprint density at radius 1 is 0.885 bits per heavy atom. The van der Waals surface area contributed by atoms with Crippen LogP contribution in [0.3, 0.4) is 0 Å². The number of aliphatic carboxylic acids is 1. The van der Waals surface area contributed by atoms with Gasteiger partial charge in [0.1, 0.15) is 5.75 Å². The van der Waals surface area contributed by atoms with E-state index in [9.17, 15) is 14.4 Å². The maximum Gasteiger partial charge on any atom is 0.341 e. The molecule has 0 saturated heterocycles. The van der Waals surface area contributed by atoms with Crippen LogP contribution in [0.4, 0.5) is 5.69 Å². The molecule has 26 heavy (non-hydrogen) atoms. The maximum atomic E-state index is 12.9. The quantitative estimate of drug-likeness (QED) is 0.733. The van der Waals surface area contributed by atoms with Crippen molar-refractivity contribution >= 4 is 34.2 Å². The molecule has 4 rings (SSSR count). The molecular formula is C20H13NO5. The van der Waals surface area contributed by atoms with Gasteiger partial charge < -0.3 is 9.84 Å². The molecule has 0 aromatic heterocycles. The third-order valence-corrected chi connectivity index (χ3v) is 4.23. The number of carboxylic acid groups (broad SMARTS) is 1. The zero-order valence-electron chi connectivity index (χ0n) is 13.5. The zero-order chi connectivity index (χ0) is 18.3. The lowest BCUT2D eigenvalue weighted by molar-refractivity contribution is -0.139.